The first kappa shape index (κ1) is 22.0. The maximum atomic E-state index is 5.53. The molecule has 0 bridgehead atoms. The van der Waals surface area contributed by atoms with E-state index in [1.165, 1.54) is 10.4 Å². The molecule has 0 heterocycles. The van der Waals surface area contributed by atoms with Gasteiger partial charge in [-0.1, -0.05) is 44.8 Å². The third kappa shape index (κ3) is 6.61. The number of rotatable bonds is 11. The van der Waals surface area contributed by atoms with Crippen LogP contribution in [0.3, 0.4) is 0 Å². The summed E-state index contributed by atoms with van der Waals surface area (Å²) in [4.78, 5) is 0. The lowest BCUT2D eigenvalue weighted by Gasteiger charge is -2.24. The van der Waals surface area contributed by atoms with E-state index >= 15 is 0 Å². The van der Waals surface area contributed by atoms with Crippen LogP contribution in [0.25, 0.3) is 0 Å². The van der Waals surface area contributed by atoms with Crippen molar-refractivity contribution in [2.45, 2.75) is 46.2 Å². The molecule has 0 saturated carbocycles. The lowest BCUT2D eigenvalue weighted by molar-refractivity contribution is 0.286. The third-order valence-electron chi connectivity index (χ3n) is 3.80. The number of allylic oxidation sites excluding steroid dienone is 2. The molecule has 0 amide bonds. The molecule has 0 aromatic rings. The lowest BCUT2D eigenvalue weighted by atomic mass is 10.5. The zero-order chi connectivity index (χ0) is 17.2. The van der Waals surface area contributed by atoms with Crippen LogP contribution >= 0.6 is 0 Å². The Morgan fingerprint density at radius 1 is 0.773 bits per heavy atom. The first-order valence-corrected chi connectivity index (χ1v) is 13.3. The number of hydrogen-bond acceptors (Lipinski definition) is 4. The lowest BCUT2D eigenvalue weighted by Crippen LogP contribution is -2.32. The molecule has 128 valence electrons. The fourth-order valence-electron chi connectivity index (χ4n) is 2.34. The van der Waals surface area contributed by atoms with E-state index < -0.39 is 26.6 Å². The molecule has 0 aliphatic heterocycles. The van der Waals surface area contributed by atoms with Crippen molar-refractivity contribution in [3.05, 3.63) is 21.8 Å². The van der Waals surface area contributed by atoms with E-state index in [4.69, 9.17) is 17.7 Å². The van der Waals surface area contributed by atoms with E-state index in [2.05, 4.69) is 38.7 Å². The summed E-state index contributed by atoms with van der Waals surface area (Å²) in [5.74, 6) is 0. The van der Waals surface area contributed by atoms with Crippen molar-refractivity contribution in [1.82, 2.24) is 0 Å². The summed E-state index contributed by atoms with van der Waals surface area (Å²) in [6, 6.07) is 1.14. The molecule has 4 nitrogen and oxygen atoms in total. The van der Waals surface area contributed by atoms with Crippen molar-refractivity contribution in [1.29, 1.82) is 0 Å². The second kappa shape index (κ2) is 11.5. The van der Waals surface area contributed by atoms with E-state index in [0.29, 0.717) is 0 Å². The van der Waals surface area contributed by atoms with Gasteiger partial charge in [-0.05, 0) is 23.2 Å². The van der Waals surface area contributed by atoms with Crippen molar-refractivity contribution >= 4 is 26.6 Å². The van der Waals surface area contributed by atoms with Crippen LogP contribution in [-0.4, -0.2) is 55.1 Å². The van der Waals surface area contributed by atoms with Crippen LogP contribution in [0.1, 0.15) is 33.6 Å². The summed E-state index contributed by atoms with van der Waals surface area (Å²) in [7, 11) is 2.62. The highest BCUT2D eigenvalue weighted by Crippen LogP contribution is 2.22. The zero-order valence-corrected chi connectivity index (χ0v) is 18.4. The van der Waals surface area contributed by atoms with Gasteiger partial charge >= 0.3 is 18.6 Å². The highest BCUT2D eigenvalue weighted by atomic mass is 28.3. The van der Waals surface area contributed by atoms with E-state index in [1.54, 1.807) is 28.4 Å². The van der Waals surface area contributed by atoms with Crippen LogP contribution in [0.4, 0.5) is 0 Å². The van der Waals surface area contributed by atoms with Crippen molar-refractivity contribution in [2.75, 3.05) is 28.4 Å². The average molecular weight is 361 g/mol. The minimum absolute atomic E-state index is 0.972. The van der Waals surface area contributed by atoms with E-state index in [1.807, 2.05) is 0 Å². The van der Waals surface area contributed by atoms with E-state index in [9.17, 15) is 0 Å². The molecule has 0 saturated heterocycles. The Bertz CT molecular complexity index is 334. The fourth-order valence-corrected chi connectivity index (χ4v) is 9.72. The van der Waals surface area contributed by atoms with Crippen molar-refractivity contribution in [3.63, 3.8) is 0 Å². The number of hydrogen-bond donors (Lipinski definition) is 0. The molecular weight excluding hydrogens is 328 g/mol. The average Bonchev–Trinajstić information content (AvgIpc) is 2.54. The zero-order valence-electron chi connectivity index (χ0n) is 15.4. The van der Waals surface area contributed by atoms with Crippen LogP contribution < -0.4 is 0 Å². The van der Waals surface area contributed by atoms with Crippen LogP contribution in [0.2, 0.25) is 12.6 Å². The van der Waals surface area contributed by atoms with Crippen molar-refractivity contribution in [2.24, 2.45) is 0 Å². The van der Waals surface area contributed by atoms with Crippen LogP contribution in [0.15, 0.2) is 21.8 Å². The minimum Gasteiger partial charge on any atom is -0.393 e. The molecule has 0 aromatic carbocycles. The van der Waals surface area contributed by atoms with Gasteiger partial charge in [0.25, 0.3) is 0 Å². The standard InChI is InChI=1S/C15H32O4Si3/c1-9-14(20(16-4)17-5)12-22(8,11-3)13-15(10-2)21(18-6)19-7/h12-13H,9-11H2,1-8H3. The Balaban J connectivity index is 5.64. The SMILES string of the molecule is CCC(=C[Si](C)(C=C(CC)[Si](OC)OC)CC)[Si](OC)OC. The topological polar surface area (TPSA) is 36.9 Å². The molecule has 7 heteroatoms. The van der Waals surface area contributed by atoms with Gasteiger partial charge in [0.2, 0.25) is 0 Å². The summed E-state index contributed by atoms with van der Waals surface area (Å²) in [6.45, 7) is 8.98. The Morgan fingerprint density at radius 3 is 1.27 bits per heavy atom. The second-order valence-corrected chi connectivity index (χ2v) is 13.7. The van der Waals surface area contributed by atoms with Gasteiger partial charge < -0.3 is 17.7 Å². The van der Waals surface area contributed by atoms with Gasteiger partial charge in [0.1, 0.15) is 0 Å². The second-order valence-electron chi connectivity index (χ2n) is 5.30. The molecule has 2 radical (unpaired) electrons. The molecule has 0 rings (SSSR count). The molecule has 0 spiro atoms. The molecule has 0 unspecified atom stereocenters. The van der Waals surface area contributed by atoms with Crippen LogP contribution in [0.5, 0.6) is 0 Å². The Kier molecular flexibility index (Phi) is 11.5. The largest absolute Gasteiger partial charge is 0.417 e. The fraction of sp³-hybridized carbons (Fsp3) is 0.733. The predicted molar refractivity (Wildman–Crippen MR) is 98.4 cm³/mol. The monoisotopic (exact) mass is 360 g/mol. The molecule has 0 aromatic heterocycles. The van der Waals surface area contributed by atoms with Gasteiger partial charge in [-0.2, -0.15) is 0 Å². The third-order valence-corrected chi connectivity index (χ3v) is 11.4. The molecule has 22 heavy (non-hydrogen) atoms. The predicted octanol–water partition coefficient (Wildman–Crippen LogP) is 3.48. The van der Waals surface area contributed by atoms with Crippen molar-refractivity contribution in [3.8, 4) is 0 Å². The molecule has 0 aliphatic carbocycles. The van der Waals surface area contributed by atoms with E-state index in [0.717, 1.165) is 18.9 Å². The van der Waals surface area contributed by atoms with Gasteiger partial charge in [-0.3, -0.25) is 0 Å². The van der Waals surface area contributed by atoms with Crippen LogP contribution in [-0.2, 0) is 17.7 Å². The smallest absolute Gasteiger partial charge is 0.393 e. The van der Waals surface area contributed by atoms with Gasteiger partial charge in [-0.25, -0.2) is 0 Å². The Morgan fingerprint density at radius 2 is 1.09 bits per heavy atom. The normalized spacial score (nSPS) is 16.5. The summed E-state index contributed by atoms with van der Waals surface area (Å²) in [5.41, 5.74) is 4.91. The molecular formula is C15H32O4Si3. The summed E-state index contributed by atoms with van der Waals surface area (Å²) >= 11 is 0. The summed E-state index contributed by atoms with van der Waals surface area (Å²) in [5, 5.41) is 2.64. The van der Waals surface area contributed by atoms with Gasteiger partial charge in [0, 0.05) is 28.4 Å². The minimum atomic E-state index is -1.68. The highest BCUT2D eigenvalue weighted by molar-refractivity contribution is 6.89. The Labute approximate surface area is 141 Å². The van der Waals surface area contributed by atoms with E-state index in [-0.39, 0.29) is 0 Å². The molecule has 0 aliphatic rings. The molecule has 0 atom stereocenters. The molecule has 0 fully saturated rings. The summed E-state index contributed by atoms with van der Waals surface area (Å²) < 4.78 is 22.1. The maximum absolute atomic E-state index is 5.53. The van der Waals surface area contributed by atoms with Crippen LogP contribution in [0, 0.1) is 0 Å². The Hall–Kier alpha value is -0.0294. The van der Waals surface area contributed by atoms with Gasteiger partial charge in [0.05, 0.1) is 8.07 Å². The maximum Gasteiger partial charge on any atom is 0.417 e. The molecule has 0 N–H and O–H groups in total. The highest BCUT2D eigenvalue weighted by Gasteiger charge is 2.28. The first-order chi connectivity index (χ1) is 10.4. The first-order valence-electron chi connectivity index (χ1n) is 7.79. The van der Waals surface area contributed by atoms with Gasteiger partial charge in [0.15, 0.2) is 0 Å². The summed E-state index contributed by atoms with van der Waals surface area (Å²) in [6.07, 6.45) is 1.94. The van der Waals surface area contributed by atoms with Gasteiger partial charge in [-0.15, -0.1) is 0 Å². The van der Waals surface area contributed by atoms with Crippen molar-refractivity contribution < 1.29 is 17.7 Å². The quantitative estimate of drug-likeness (QED) is 0.529.